The second-order valence-electron chi connectivity index (χ2n) is 10.7. The molecule has 188 valence electrons. The Kier molecular flexibility index (Phi) is 5.94. The Hall–Kier alpha value is -3.14. The lowest BCUT2D eigenvalue weighted by Gasteiger charge is -2.48. The molecule has 5 rings (SSSR count). The number of nitrogens with zero attached hydrogens (tertiary/aromatic N) is 5. The first-order valence-electron chi connectivity index (χ1n) is 12.4. The van der Waals surface area contributed by atoms with Crippen LogP contribution in [-0.4, -0.2) is 88.4 Å². The van der Waals surface area contributed by atoms with E-state index in [4.69, 9.17) is 9.84 Å². The second-order valence-corrected chi connectivity index (χ2v) is 10.7. The van der Waals surface area contributed by atoms with Crippen LogP contribution >= 0.6 is 0 Å². The summed E-state index contributed by atoms with van der Waals surface area (Å²) in [6.07, 6.45) is 0.589. The maximum atomic E-state index is 12.5. The van der Waals surface area contributed by atoms with Crippen molar-refractivity contribution in [3.05, 3.63) is 23.9 Å². The lowest BCUT2D eigenvalue weighted by Crippen LogP contribution is -2.64. The minimum absolute atomic E-state index is 0.217. The van der Waals surface area contributed by atoms with Gasteiger partial charge in [0.25, 0.3) is 0 Å². The van der Waals surface area contributed by atoms with Crippen LogP contribution in [0.25, 0.3) is 10.9 Å². The van der Waals surface area contributed by atoms with Crippen LogP contribution in [0.4, 0.5) is 10.5 Å². The molecule has 3 saturated heterocycles. The van der Waals surface area contributed by atoms with Crippen molar-refractivity contribution < 1.29 is 19.1 Å². The minimum atomic E-state index is -0.474. The van der Waals surface area contributed by atoms with E-state index in [-0.39, 0.29) is 17.9 Å². The number of para-hydroxylation sites is 1. The molecular weight excluding hydrogens is 448 g/mol. The van der Waals surface area contributed by atoms with E-state index in [0.717, 1.165) is 48.5 Å². The van der Waals surface area contributed by atoms with Crippen LogP contribution in [0.3, 0.4) is 0 Å². The highest BCUT2D eigenvalue weighted by Crippen LogP contribution is 2.35. The number of likely N-dealkylation sites (tertiary alicyclic amines) is 1. The zero-order valence-corrected chi connectivity index (χ0v) is 20.9. The number of nitrogens with one attached hydrogen (secondary N) is 1. The molecule has 1 aromatic heterocycles. The molecule has 3 aliphatic heterocycles. The van der Waals surface area contributed by atoms with E-state index in [1.165, 1.54) is 0 Å². The summed E-state index contributed by atoms with van der Waals surface area (Å²) in [6.45, 7) is 10.7. The molecule has 35 heavy (non-hydrogen) atoms. The van der Waals surface area contributed by atoms with Crippen LogP contribution in [0.5, 0.6) is 0 Å². The summed E-state index contributed by atoms with van der Waals surface area (Å²) in [5.41, 5.74) is 2.39. The predicted molar refractivity (Wildman–Crippen MR) is 131 cm³/mol. The highest BCUT2D eigenvalue weighted by molar-refractivity contribution is 6.03. The number of piperidine rings is 1. The summed E-state index contributed by atoms with van der Waals surface area (Å²) in [4.78, 5) is 42.9. The zero-order valence-electron chi connectivity index (χ0n) is 20.9. The van der Waals surface area contributed by atoms with Gasteiger partial charge in [-0.15, -0.1) is 0 Å². The molecule has 1 N–H and O–H groups in total. The van der Waals surface area contributed by atoms with Gasteiger partial charge in [0.2, 0.25) is 11.8 Å². The first-order valence-corrected chi connectivity index (χ1v) is 12.4. The van der Waals surface area contributed by atoms with Crippen LogP contribution in [0.15, 0.2) is 18.2 Å². The number of ether oxygens (including phenoxy) is 1. The van der Waals surface area contributed by atoms with E-state index >= 15 is 0 Å². The molecule has 3 fully saturated rings. The van der Waals surface area contributed by atoms with Gasteiger partial charge in [0, 0.05) is 64.2 Å². The van der Waals surface area contributed by atoms with Gasteiger partial charge in [-0.3, -0.25) is 24.5 Å². The van der Waals surface area contributed by atoms with E-state index in [1.807, 2.05) is 44.6 Å². The molecule has 1 aromatic carbocycles. The van der Waals surface area contributed by atoms with Gasteiger partial charge in [-0.05, 0) is 33.3 Å². The van der Waals surface area contributed by atoms with E-state index < -0.39 is 11.5 Å². The summed E-state index contributed by atoms with van der Waals surface area (Å²) in [5, 5.41) is 8.14. The number of fused-ring (bicyclic) bond motifs is 1. The molecule has 0 spiro atoms. The second kappa shape index (κ2) is 8.82. The molecular formula is C25H34N6O4. The number of hydrogen-bond donors (Lipinski definition) is 1. The molecule has 3 aliphatic rings. The van der Waals surface area contributed by atoms with Gasteiger partial charge in [0.1, 0.15) is 5.60 Å². The summed E-state index contributed by atoms with van der Waals surface area (Å²) in [7, 11) is 1.91. The lowest BCUT2D eigenvalue weighted by molar-refractivity contribution is -0.134. The highest BCUT2D eigenvalue weighted by atomic mass is 16.6. The van der Waals surface area contributed by atoms with E-state index in [1.54, 1.807) is 4.90 Å². The Morgan fingerprint density at radius 1 is 1.11 bits per heavy atom. The smallest absolute Gasteiger partial charge is 0.410 e. The largest absolute Gasteiger partial charge is 0.444 e. The van der Waals surface area contributed by atoms with Crippen molar-refractivity contribution in [1.29, 1.82) is 0 Å². The third-order valence-corrected chi connectivity index (χ3v) is 7.13. The Bertz CT molecular complexity index is 1150. The molecule has 4 heterocycles. The number of anilines is 1. The fourth-order valence-corrected chi connectivity index (χ4v) is 5.30. The third-order valence-electron chi connectivity index (χ3n) is 7.13. The Morgan fingerprint density at radius 2 is 1.83 bits per heavy atom. The number of piperazine rings is 1. The quantitative estimate of drug-likeness (QED) is 0.667. The Balaban J connectivity index is 1.25. The average Bonchev–Trinajstić information content (AvgIpc) is 3.08. The van der Waals surface area contributed by atoms with E-state index in [2.05, 4.69) is 21.2 Å². The monoisotopic (exact) mass is 482 g/mol. The summed E-state index contributed by atoms with van der Waals surface area (Å²) < 4.78 is 7.33. The van der Waals surface area contributed by atoms with Gasteiger partial charge >= 0.3 is 6.09 Å². The number of carbonyl (C=O) groups is 3. The molecule has 0 aliphatic carbocycles. The van der Waals surface area contributed by atoms with Crippen LogP contribution < -0.4 is 10.2 Å². The fourth-order valence-electron chi connectivity index (χ4n) is 5.30. The maximum Gasteiger partial charge on any atom is 0.410 e. The normalized spacial score (nSPS) is 22.3. The molecule has 2 aromatic rings. The van der Waals surface area contributed by atoms with Gasteiger partial charge < -0.3 is 14.5 Å². The molecule has 1 unspecified atom stereocenters. The van der Waals surface area contributed by atoms with Gasteiger partial charge in [-0.2, -0.15) is 5.10 Å². The van der Waals surface area contributed by atoms with E-state index in [9.17, 15) is 14.4 Å². The van der Waals surface area contributed by atoms with Gasteiger partial charge in [-0.25, -0.2) is 4.79 Å². The first-order chi connectivity index (χ1) is 16.6. The Labute approximate surface area is 205 Å². The van der Waals surface area contributed by atoms with E-state index in [0.29, 0.717) is 32.0 Å². The highest BCUT2D eigenvalue weighted by Gasteiger charge is 2.38. The maximum absolute atomic E-state index is 12.5. The van der Waals surface area contributed by atoms with Crippen molar-refractivity contribution in [2.75, 3.05) is 44.2 Å². The topological polar surface area (TPSA) is 100 Å². The molecule has 1 atom stereocenters. The van der Waals surface area contributed by atoms with Crippen LogP contribution in [0.2, 0.25) is 0 Å². The van der Waals surface area contributed by atoms with Crippen molar-refractivity contribution in [1.82, 2.24) is 24.9 Å². The molecule has 3 amide bonds. The molecule has 0 bridgehead atoms. The molecule has 10 nitrogen and oxygen atoms in total. The lowest BCUT2D eigenvalue weighted by atomic mass is 9.92. The number of imide groups is 1. The van der Waals surface area contributed by atoms with Crippen molar-refractivity contribution in [3.63, 3.8) is 0 Å². The SMILES string of the molecule is Cn1nc(C2CCC(=O)NC2=O)c2cccc(N3CCN(C4CN(C(=O)OC(C)(C)C)C4)CC3)c21. The predicted octanol–water partition coefficient (Wildman–Crippen LogP) is 1.83. The van der Waals surface area contributed by atoms with Crippen LogP contribution in [0.1, 0.15) is 45.2 Å². The minimum Gasteiger partial charge on any atom is -0.444 e. The molecule has 10 heteroatoms. The standard InChI is InChI=1S/C25H34N6O4/c1-25(2,3)35-24(34)31-14-16(15-31)29-10-12-30(13-11-29)19-7-5-6-17-21(27-28(4)22(17)19)18-8-9-20(32)26-23(18)33/h5-7,16,18H,8-15H2,1-4H3,(H,26,32,33). The summed E-state index contributed by atoms with van der Waals surface area (Å²) in [6, 6.07) is 6.52. The average molecular weight is 483 g/mol. The Morgan fingerprint density at radius 3 is 2.49 bits per heavy atom. The van der Waals surface area contributed by atoms with Crippen LogP contribution in [0, 0.1) is 0 Å². The number of carbonyl (C=O) groups excluding carboxylic acids is 3. The third kappa shape index (κ3) is 4.59. The number of amides is 3. The fraction of sp³-hybridized carbons (Fsp3) is 0.600. The molecule has 0 radical (unpaired) electrons. The number of hydrogen-bond acceptors (Lipinski definition) is 7. The van der Waals surface area contributed by atoms with Crippen LogP contribution in [-0.2, 0) is 21.4 Å². The zero-order chi connectivity index (χ0) is 24.9. The van der Waals surface area contributed by atoms with Gasteiger partial charge in [0.05, 0.1) is 22.8 Å². The number of rotatable bonds is 3. The summed E-state index contributed by atoms with van der Waals surface area (Å²) in [5.74, 6) is -0.887. The van der Waals surface area contributed by atoms with Gasteiger partial charge in [0.15, 0.2) is 0 Å². The summed E-state index contributed by atoms with van der Waals surface area (Å²) >= 11 is 0. The first kappa shape index (κ1) is 23.6. The van der Waals surface area contributed by atoms with Crippen molar-refractivity contribution in [2.24, 2.45) is 7.05 Å². The number of benzene rings is 1. The van der Waals surface area contributed by atoms with Crippen molar-refractivity contribution in [2.45, 2.75) is 51.2 Å². The molecule has 0 saturated carbocycles. The van der Waals surface area contributed by atoms with Gasteiger partial charge in [-0.1, -0.05) is 12.1 Å². The number of aromatic nitrogens is 2. The van der Waals surface area contributed by atoms with Crippen molar-refractivity contribution >= 4 is 34.5 Å². The number of aryl methyl sites for hydroxylation is 1. The van der Waals surface area contributed by atoms with Crippen molar-refractivity contribution in [3.8, 4) is 0 Å².